The Kier molecular flexibility index (Phi) is 6.12. The van der Waals surface area contributed by atoms with Gasteiger partial charge in [0.25, 0.3) is 5.91 Å². The molecule has 0 aromatic heterocycles. The Balaban J connectivity index is 1.12. The largest absolute Gasteiger partial charge is 0.480 e. The molecular weight excluding hydrogens is 454 g/mol. The lowest BCUT2D eigenvalue weighted by atomic mass is 9.98. The first-order valence-electron chi connectivity index (χ1n) is 11.5. The Morgan fingerprint density at radius 3 is 2.37 bits per heavy atom. The lowest BCUT2D eigenvalue weighted by Crippen LogP contribution is -2.50. The Morgan fingerprint density at radius 2 is 1.71 bits per heavy atom. The minimum absolute atomic E-state index is 0.0456. The molecule has 0 radical (unpaired) electrons. The molecule has 5 rings (SSSR count). The van der Waals surface area contributed by atoms with Crippen molar-refractivity contribution in [2.75, 3.05) is 13.2 Å². The Labute approximate surface area is 201 Å². The van der Waals surface area contributed by atoms with Crippen molar-refractivity contribution in [1.29, 1.82) is 0 Å². The second-order valence-electron chi connectivity index (χ2n) is 8.83. The molecule has 2 fully saturated rings. The molecule has 1 aliphatic carbocycles. The van der Waals surface area contributed by atoms with Gasteiger partial charge in [-0.05, 0) is 35.1 Å². The standard InChI is InChI=1S/C25H25N3O7/c29-22-11-20(24(31)32)28(27-22)23(30)21-10-9-14(35-21)12-26-25(33)34-13-19-17-7-3-1-5-15(17)16-6-2-4-8-18(16)19/h1-8,14,19-21H,9-13H2,(H,26,33)(H,27,29)(H,31,32). The van der Waals surface area contributed by atoms with Crippen LogP contribution in [-0.2, 0) is 23.9 Å². The molecule has 2 heterocycles. The van der Waals surface area contributed by atoms with E-state index in [0.29, 0.717) is 12.8 Å². The highest BCUT2D eigenvalue weighted by molar-refractivity contribution is 5.95. The summed E-state index contributed by atoms with van der Waals surface area (Å²) >= 11 is 0. The van der Waals surface area contributed by atoms with Gasteiger partial charge in [-0.25, -0.2) is 14.6 Å². The lowest BCUT2D eigenvalue weighted by Gasteiger charge is -2.23. The van der Waals surface area contributed by atoms with Gasteiger partial charge in [-0.15, -0.1) is 0 Å². The normalized spacial score (nSPS) is 22.9. The molecule has 0 spiro atoms. The van der Waals surface area contributed by atoms with E-state index in [1.807, 2.05) is 36.4 Å². The number of amides is 3. The number of alkyl carbamates (subject to hydrolysis) is 1. The highest BCUT2D eigenvalue weighted by Gasteiger charge is 2.43. The fourth-order valence-electron chi connectivity index (χ4n) is 4.97. The van der Waals surface area contributed by atoms with E-state index in [1.165, 1.54) is 0 Å². The van der Waals surface area contributed by atoms with Crippen LogP contribution in [0.15, 0.2) is 48.5 Å². The Hall–Kier alpha value is -3.92. The lowest BCUT2D eigenvalue weighted by molar-refractivity contribution is -0.156. The maximum atomic E-state index is 12.7. The number of carboxylic acids is 1. The second-order valence-corrected chi connectivity index (χ2v) is 8.83. The molecule has 2 aromatic rings. The predicted octanol–water partition coefficient (Wildman–Crippen LogP) is 1.79. The number of hydrogen-bond acceptors (Lipinski definition) is 6. The third-order valence-corrected chi connectivity index (χ3v) is 6.66. The van der Waals surface area contributed by atoms with Crippen LogP contribution in [0.25, 0.3) is 11.1 Å². The molecule has 3 amide bonds. The number of rotatable bonds is 6. The third kappa shape index (κ3) is 4.44. The van der Waals surface area contributed by atoms with Gasteiger partial charge in [-0.1, -0.05) is 48.5 Å². The zero-order valence-electron chi connectivity index (χ0n) is 18.8. The first-order chi connectivity index (χ1) is 16.9. The van der Waals surface area contributed by atoms with E-state index in [2.05, 4.69) is 22.9 Å². The summed E-state index contributed by atoms with van der Waals surface area (Å²) in [6.45, 7) is 0.340. The molecule has 0 bridgehead atoms. The fraction of sp³-hybridized carbons (Fsp3) is 0.360. The average Bonchev–Trinajstić information content (AvgIpc) is 3.57. The summed E-state index contributed by atoms with van der Waals surface area (Å²) in [5.74, 6) is -2.44. The van der Waals surface area contributed by atoms with Crippen LogP contribution in [-0.4, -0.2) is 65.4 Å². The van der Waals surface area contributed by atoms with Crippen molar-refractivity contribution in [1.82, 2.24) is 15.8 Å². The SMILES string of the molecule is O=C1CC(C(=O)O)N(C(=O)C2CCC(CNC(=O)OCC3c4ccccc4-c4ccccc43)O2)N1. The summed E-state index contributed by atoms with van der Waals surface area (Å²) in [4.78, 5) is 47.9. The van der Waals surface area contributed by atoms with Gasteiger partial charge in [-0.3, -0.25) is 15.0 Å². The molecule has 3 aliphatic rings. The quantitative estimate of drug-likeness (QED) is 0.575. The van der Waals surface area contributed by atoms with Crippen molar-refractivity contribution >= 4 is 23.9 Å². The average molecular weight is 479 g/mol. The number of aliphatic carboxylic acids is 1. The van der Waals surface area contributed by atoms with Crippen LogP contribution in [0.2, 0.25) is 0 Å². The number of benzene rings is 2. The van der Waals surface area contributed by atoms with Gasteiger partial charge in [0.1, 0.15) is 12.7 Å². The Morgan fingerprint density at radius 1 is 1.06 bits per heavy atom. The molecule has 35 heavy (non-hydrogen) atoms. The molecule has 2 aromatic carbocycles. The number of hydrazine groups is 1. The molecule has 10 heteroatoms. The number of nitrogens with one attached hydrogen (secondary N) is 2. The first kappa shape index (κ1) is 22.9. The summed E-state index contributed by atoms with van der Waals surface area (Å²) < 4.78 is 11.2. The highest BCUT2D eigenvalue weighted by atomic mass is 16.6. The zero-order valence-corrected chi connectivity index (χ0v) is 18.8. The van der Waals surface area contributed by atoms with E-state index < -0.39 is 42.1 Å². The highest BCUT2D eigenvalue weighted by Crippen LogP contribution is 2.44. The van der Waals surface area contributed by atoms with E-state index in [-0.39, 0.29) is 25.5 Å². The van der Waals surface area contributed by atoms with Gasteiger partial charge in [0, 0.05) is 12.5 Å². The van der Waals surface area contributed by atoms with Crippen LogP contribution >= 0.6 is 0 Å². The van der Waals surface area contributed by atoms with E-state index in [0.717, 1.165) is 27.3 Å². The van der Waals surface area contributed by atoms with Crippen LogP contribution < -0.4 is 10.7 Å². The summed E-state index contributed by atoms with van der Waals surface area (Å²) in [6.07, 6.45) is -1.33. The fourth-order valence-corrected chi connectivity index (χ4v) is 4.97. The van der Waals surface area contributed by atoms with Crippen LogP contribution in [0.5, 0.6) is 0 Å². The van der Waals surface area contributed by atoms with Gasteiger partial charge in [0.15, 0.2) is 6.04 Å². The molecule has 3 N–H and O–H groups in total. The Bertz CT molecular complexity index is 1140. The summed E-state index contributed by atoms with van der Waals surface area (Å²) in [5, 5.41) is 12.8. The van der Waals surface area contributed by atoms with Crippen LogP contribution in [0.1, 0.15) is 36.3 Å². The molecular formula is C25H25N3O7. The van der Waals surface area contributed by atoms with Gasteiger partial charge in [-0.2, -0.15) is 0 Å². The number of nitrogens with zero attached hydrogens (tertiary/aromatic N) is 1. The van der Waals surface area contributed by atoms with Crippen molar-refractivity contribution in [3.05, 3.63) is 59.7 Å². The minimum Gasteiger partial charge on any atom is -0.480 e. The maximum Gasteiger partial charge on any atom is 0.407 e. The van der Waals surface area contributed by atoms with Gasteiger partial charge in [0.05, 0.1) is 12.5 Å². The van der Waals surface area contributed by atoms with E-state index in [4.69, 9.17) is 9.47 Å². The van der Waals surface area contributed by atoms with Crippen LogP contribution in [0.4, 0.5) is 4.79 Å². The van der Waals surface area contributed by atoms with E-state index in [9.17, 15) is 24.3 Å². The van der Waals surface area contributed by atoms with Gasteiger partial charge in [0.2, 0.25) is 5.91 Å². The second kappa shape index (κ2) is 9.38. The number of carboxylic acid groups (broad SMARTS) is 1. The smallest absolute Gasteiger partial charge is 0.407 e. The molecule has 2 aliphatic heterocycles. The molecule has 2 saturated heterocycles. The minimum atomic E-state index is -1.26. The van der Waals surface area contributed by atoms with E-state index in [1.54, 1.807) is 0 Å². The monoisotopic (exact) mass is 479 g/mol. The molecule has 10 nitrogen and oxygen atoms in total. The molecule has 3 atom stereocenters. The number of hydrogen-bond donors (Lipinski definition) is 3. The maximum absolute atomic E-state index is 12.7. The van der Waals surface area contributed by atoms with Crippen LogP contribution in [0, 0.1) is 0 Å². The van der Waals surface area contributed by atoms with Crippen molar-refractivity contribution < 1.29 is 33.8 Å². The van der Waals surface area contributed by atoms with Gasteiger partial charge >= 0.3 is 12.1 Å². The van der Waals surface area contributed by atoms with Crippen molar-refractivity contribution in [2.24, 2.45) is 0 Å². The number of carbonyl (C=O) groups excluding carboxylic acids is 3. The third-order valence-electron chi connectivity index (χ3n) is 6.66. The summed E-state index contributed by atoms with van der Waals surface area (Å²) in [7, 11) is 0. The van der Waals surface area contributed by atoms with Crippen molar-refractivity contribution in [2.45, 2.75) is 43.4 Å². The number of fused-ring (bicyclic) bond motifs is 3. The number of ether oxygens (including phenoxy) is 2. The summed E-state index contributed by atoms with van der Waals surface area (Å²) in [6, 6.07) is 14.9. The number of carbonyl (C=O) groups is 4. The molecule has 0 saturated carbocycles. The van der Waals surface area contributed by atoms with Crippen LogP contribution in [0.3, 0.4) is 0 Å². The zero-order chi connectivity index (χ0) is 24.5. The predicted molar refractivity (Wildman–Crippen MR) is 122 cm³/mol. The van der Waals surface area contributed by atoms with Gasteiger partial charge < -0.3 is 19.9 Å². The molecule has 182 valence electrons. The molecule has 3 unspecified atom stereocenters. The van der Waals surface area contributed by atoms with Crippen molar-refractivity contribution in [3.63, 3.8) is 0 Å². The van der Waals surface area contributed by atoms with Crippen molar-refractivity contribution in [3.8, 4) is 11.1 Å². The van der Waals surface area contributed by atoms with E-state index >= 15 is 0 Å². The topological polar surface area (TPSA) is 134 Å². The summed E-state index contributed by atoms with van der Waals surface area (Å²) in [5.41, 5.74) is 6.81. The first-order valence-corrected chi connectivity index (χ1v) is 11.5.